The molecule has 0 aromatic rings. The van der Waals surface area contributed by atoms with E-state index in [0.29, 0.717) is 0 Å². The Morgan fingerprint density at radius 2 is 2.57 bits per heavy atom. The minimum Gasteiger partial charge on any atom is -0.260 e. The summed E-state index contributed by atoms with van der Waals surface area (Å²) in [7, 11) is 0. The highest BCUT2D eigenvalue weighted by Gasteiger charge is 1.95. The Balaban J connectivity index is 2.59. The lowest BCUT2D eigenvalue weighted by atomic mass is 10.3. The molecule has 0 saturated carbocycles. The molecule has 1 aliphatic heterocycles. The molecule has 1 unspecified atom stereocenters. The lowest BCUT2D eigenvalue weighted by Crippen LogP contribution is -1.93. The zero-order chi connectivity index (χ0) is 5.11. The normalized spacial score (nSPS) is 26.0. The minimum absolute atomic E-state index is 0.139. The molecular weight excluding hydrogens is 88.1 g/mol. The molecule has 1 aliphatic rings. The fraction of sp³-hybridized carbons (Fsp3) is 0.200. The zero-order valence-corrected chi connectivity index (χ0v) is 3.91. The standard InChI is InChI=1S/C5H6N2/c1-2-5-3-6-4-7-5/h2-5H,1H2. The van der Waals surface area contributed by atoms with Crippen molar-refractivity contribution in [2.45, 2.75) is 6.04 Å². The quantitative estimate of drug-likeness (QED) is 0.426. The molecule has 1 atom stereocenters. The summed E-state index contributed by atoms with van der Waals surface area (Å²) in [6, 6.07) is 0.139. The number of aliphatic imine (C=N–C) groups is 2. The van der Waals surface area contributed by atoms with Gasteiger partial charge in [-0.3, -0.25) is 4.99 Å². The first kappa shape index (κ1) is 4.24. The molecule has 7 heavy (non-hydrogen) atoms. The van der Waals surface area contributed by atoms with Gasteiger partial charge >= 0.3 is 0 Å². The summed E-state index contributed by atoms with van der Waals surface area (Å²) in [5.41, 5.74) is 0. The SMILES string of the molecule is C=CC1C=NC=N1. The van der Waals surface area contributed by atoms with Crippen molar-refractivity contribution in [1.29, 1.82) is 0 Å². The molecule has 0 aliphatic carbocycles. The first-order chi connectivity index (χ1) is 3.43. The van der Waals surface area contributed by atoms with Gasteiger partial charge in [0.05, 0.1) is 0 Å². The molecule has 0 amide bonds. The van der Waals surface area contributed by atoms with Crippen LogP contribution in [0.5, 0.6) is 0 Å². The second-order valence-electron chi connectivity index (χ2n) is 1.29. The van der Waals surface area contributed by atoms with Crippen LogP contribution >= 0.6 is 0 Å². The van der Waals surface area contributed by atoms with Crippen LogP contribution in [0.25, 0.3) is 0 Å². The van der Waals surface area contributed by atoms with E-state index in [-0.39, 0.29) is 6.04 Å². The molecule has 0 spiro atoms. The molecule has 0 radical (unpaired) electrons. The van der Waals surface area contributed by atoms with Crippen LogP contribution in [0.2, 0.25) is 0 Å². The fourth-order valence-electron chi connectivity index (χ4n) is 0.402. The monoisotopic (exact) mass is 94.1 g/mol. The van der Waals surface area contributed by atoms with Crippen molar-refractivity contribution in [1.82, 2.24) is 0 Å². The van der Waals surface area contributed by atoms with E-state index in [9.17, 15) is 0 Å². The smallest absolute Gasteiger partial charge is 0.110 e. The van der Waals surface area contributed by atoms with E-state index in [1.54, 1.807) is 12.3 Å². The van der Waals surface area contributed by atoms with Gasteiger partial charge in [0.25, 0.3) is 0 Å². The molecule has 0 aromatic heterocycles. The largest absolute Gasteiger partial charge is 0.260 e. The highest BCUT2D eigenvalue weighted by Crippen LogP contribution is 1.91. The van der Waals surface area contributed by atoms with Gasteiger partial charge < -0.3 is 0 Å². The summed E-state index contributed by atoms with van der Waals surface area (Å²) in [5.74, 6) is 0. The van der Waals surface area contributed by atoms with E-state index in [4.69, 9.17) is 0 Å². The van der Waals surface area contributed by atoms with Crippen LogP contribution < -0.4 is 0 Å². The molecule has 0 fully saturated rings. The van der Waals surface area contributed by atoms with Gasteiger partial charge in [-0.15, -0.1) is 6.58 Å². The van der Waals surface area contributed by atoms with Crippen LogP contribution in [0.4, 0.5) is 0 Å². The Hall–Kier alpha value is -0.920. The maximum Gasteiger partial charge on any atom is 0.110 e. The first-order valence-electron chi connectivity index (χ1n) is 2.11. The minimum atomic E-state index is 0.139. The lowest BCUT2D eigenvalue weighted by molar-refractivity contribution is 1.14. The molecule has 36 valence electrons. The van der Waals surface area contributed by atoms with Gasteiger partial charge in [0.1, 0.15) is 12.4 Å². The van der Waals surface area contributed by atoms with Crippen LogP contribution in [0.1, 0.15) is 0 Å². The molecule has 1 heterocycles. The average Bonchev–Trinajstić information content (AvgIpc) is 2.14. The van der Waals surface area contributed by atoms with Gasteiger partial charge in [0.2, 0.25) is 0 Å². The number of nitrogens with zero attached hydrogens (tertiary/aromatic N) is 2. The predicted molar refractivity (Wildman–Crippen MR) is 31.0 cm³/mol. The summed E-state index contributed by atoms with van der Waals surface area (Å²) in [5, 5.41) is 0. The molecule has 0 N–H and O–H groups in total. The molecule has 2 nitrogen and oxygen atoms in total. The molecule has 0 bridgehead atoms. The average molecular weight is 94.1 g/mol. The van der Waals surface area contributed by atoms with E-state index in [1.807, 2.05) is 0 Å². The third kappa shape index (κ3) is 0.738. The second-order valence-corrected chi connectivity index (χ2v) is 1.29. The summed E-state index contributed by atoms with van der Waals surface area (Å²) in [6.45, 7) is 3.54. The van der Waals surface area contributed by atoms with Crippen LogP contribution in [0.3, 0.4) is 0 Å². The zero-order valence-electron chi connectivity index (χ0n) is 3.91. The fourth-order valence-corrected chi connectivity index (χ4v) is 0.402. The van der Waals surface area contributed by atoms with Crippen LogP contribution in [0.15, 0.2) is 22.6 Å². The van der Waals surface area contributed by atoms with E-state index in [0.717, 1.165) is 0 Å². The van der Waals surface area contributed by atoms with E-state index in [1.165, 1.54) is 6.34 Å². The van der Waals surface area contributed by atoms with E-state index >= 15 is 0 Å². The predicted octanol–water partition coefficient (Wildman–Crippen LogP) is 0.654. The van der Waals surface area contributed by atoms with Crippen molar-refractivity contribution in [3.63, 3.8) is 0 Å². The lowest BCUT2D eigenvalue weighted by Gasteiger charge is -1.85. The van der Waals surface area contributed by atoms with Gasteiger partial charge in [-0.25, -0.2) is 4.99 Å². The number of hydrogen-bond acceptors (Lipinski definition) is 2. The van der Waals surface area contributed by atoms with Crippen LogP contribution in [-0.2, 0) is 0 Å². The molecule has 1 rings (SSSR count). The molecule has 2 heteroatoms. The maximum atomic E-state index is 3.89. The topological polar surface area (TPSA) is 24.7 Å². The van der Waals surface area contributed by atoms with Crippen molar-refractivity contribution in [3.05, 3.63) is 12.7 Å². The van der Waals surface area contributed by atoms with Crippen molar-refractivity contribution in [2.24, 2.45) is 9.98 Å². The van der Waals surface area contributed by atoms with E-state index in [2.05, 4.69) is 16.6 Å². The van der Waals surface area contributed by atoms with E-state index < -0.39 is 0 Å². The molecule has 0 aromatic carbocycles. The molecular formula is C5H6N2. The Bertz CT molecular complexity index is 112. The maximum absolute atomic E-state index is 3.89. The summed E-state index contributed by atoms with van der Waals surface area (Å²) in [4.78, 5) is 7.64. The first-order valence-corrected chi connectivity index (χ1v) is 2.11. The van der Waals surface area contributed by atoms with Crippen LogP contribution in [0, 0.1) is 0 Å². The van der Waals surface area contributed by atoms with Crippen molar-refractivity contribution < 1.29 is 0 Å². The highest BCUT2D eigenvalue weighted by molar-refractivity contribution is 5.83. The summed E-state index contributed by atoms with van der Waals surface area (Å²) in [6.07, 6.45) is 5.02. The van der Waals surface area contributed by atoms with Gasteiger partial charge in [-0.05, 0) is 0 Å². The third-order valence-electron chi connectivity index (χ3n) is 0.786. The Labute approximate surface area is 42.3 Å². The second kappa shape index (κ2) is 1.69. The Kier molecular flexibility index (Phi) is 1.02. The summed E-state index contributed by atoms with van der Waals surface area (Å²) < 4.78 is 0. The Morgan fingerprint density at radius 3 is 2.86 bits per heavy atom. The van der Waals surface area contributed by atoms with Crippen LogP contribution in [-0.4, -0.2) is 18.6 Å². The summed E-state index contributed by atoms with van der Waals surface area (Å²) >= 11 is 0. The van der Waals surface area contributed by atoms with Gasteiger partial charge in [0.15, 0.2) is 0 Å². The Morgan fingerprint density at radius 1 is 1.71 bits per heavy atom. The third-order valence-corrected chi connectivity index (χ3v) is 0.786. The number of rotatable bonds is 1. The molecule has 0 saturated heterocycles. The van der Waals surface area contributed by atoms with Crippen molar-refractivity contribution in [3.8, 4) is 0 Å². The van der Waals surface area contributed by atoms with Crippen molar-refractivity contribution >= 4 is 12.6 Å². The number of hydrogen-bond donors (Lipinski definition) is 0. The highest BCUT2D eigenvalue weighted by atomic mass is 14.9. The van der Waals surface area contributed by atoms with Gasteiger partial charge in [0, 0.05) is 6.21 Å². The van der Waals surface area contributed by atoms with Gasteiger partial charge in [-0.1, -0.05) is 6.08 Å². The van der Waals surface area contributed by atoms with Gasteiger partial charge in [-0.2, -0.15) is 0 Å². The van der Waals surface area contributed by atoms with Crippen molar-refractivity contribution in [2.75, 3.05) is 0 Å².